The summed E-state index contributed by atoms with van der Waals surface area (Å²) in [5, 5.41) is 3.50. The van der Waals surface area contributed by atoms with Crippen LogP contribution in [-0.2, 0) is 0 Å². The lowest BCUT2D eigenvalue weighted by Crippen LogP contribution is -2.32. The zero-order valence-electron chi connectivity index (χ0n) is 12.0. The Morgan fingerprint density at radius 1 is 1.12 bits per heavy atom. The molecule has 0 aromatic rings. The van der Waals surface area contributed by atoms with E-state index in [4.69, 9.17) is 0 Å². The van der Waals surface area contributed by atoms with Gasteiger partial charge in [0.25, 0.3) is 0 Å². The van der Waals surface area contributed by atoms with Crippen molar-refractivity contribution in [3.8, 4) is 0 Å². The van der Waals surface area contributed by atoms with Gasteiger partial charge in [-0.1, -0.05) is 34.1 Å². The molecule has 0 bridgehead atoms. The monoisotopic (exact) mass is 225 g/mol. The van der Waals surface area contributed by atoms with Crippen molar-refractivity contribution in [2.75, 3.05) is 7.05 Å². The summed E-state index contributed by atoms with van der Waals surface area (Å²) in [6.07, 6.45) is 8.46. The van der Waals surface area contributed by atoms with Gasteiger partial charge in [0.05, 0.1) is 0 Å². The maximum Gasteiger partial charge on any atom is 0.00897 e. The Morgan fingerprint density at radius 2 is 1.81 bits per heavy atom. The minimum atomic E-state index is 0.510. The van der Waals surface area contributed by atoms with Gasteiger partial charge in [-0.05, 0) is 56.4 Å². The van der Waals surface area contributed by atoms with E-state index >= 15 is 0 Å². The van der Waals surface area contributed by atoms with E-state index in [1.54, 1.807) is 0 Å². The van der Waals surface area contributed by atoms with Crippen LogP contribution in [0.4, 0.5) is 0 Å². The maximum absolute atomic E-state index is 3.50. The van der Waals surface area contributed by atoms with E-state index in [1.807, 2.05) is 0 Å². The molecule has 0 aromatic heterocycles. The van der Waals surface area contributed by atoms with Crippen molar-refractivity contribution in [3.05, 3.63) is 0 Å². The van der Waals surface area contributed by atoms with Crippen LogP contribution in [-0.4, -0.2) is 13.1 Å². The molecule has 1 nitrogen and oxygen atoms in total. The third-order valence-electron chi connectivity index (χ3n) is 4.62. The molecule has 1 fully saturated rings. The number of nitrogens with one attached hydrogen (secondary N) is 1. The van der Waals surface area contributed by atoms with Crippen LogP contribution in [0.2, 0.25) is 0 Å². The molecule has 1 aliphatic rings. The van der Waals surface area contributed by atoms with Gasteiger partial charge in [0, 0.05) is 6.04 Å². The highest BCUT2D eigenvalue weighted by Crippen LogP contribution is 2.39. The molecule has 1 rings (SSSR count). The number of hydrogen-bond acceptors (Lipinski definition) is 1. The first-order chi connectivity index (χ1) is 7.49. The van der Waals surface area contributed by atoms with Gasteiger partial charge in [0.15, 0.2) is 0 Å². The molecule has 1 aliphatic carbocycles. The van der Waals surface area contributed by atoms with Crippen LogP contribution >= 0.6 is 0 Å². The highest BCUT2D eigenvalue weighted by Gasteiger charge is 2.29. The highest BCUT2D eigenvalue weighted by atomic mass is 14.9. The van der Waals surface area contributed by atoms with Crippen LogP contribution < -0.4 is 5.32 Å². The van der Waals surface area contributed by atoms with E-state index < -0.39 is 0 Å². The second kappa shape index (κ2) is 6.05. The van der Waals surface area contributed by atoms with Crippen LogP contribution in [0.5, 0.6) is 0 Å². The molecule has 3 unspecified atom stereocenters. The van der Waals surface area contributed by atoms with Gasteiger partial charge in [-0.15, -0.1) is 0 Å². The Balaban J connectivity index is 2.52. The smallest absolute Gasteiger partial charge is 0.00897 e. The Morgan fingerprint density at radius 3 is 2.31 bits per heavy atom. The van der Waals surface area contributed by atoms with Gasteiger partial charge in [-0.3, -0.25) is 0 Å². The summed E-state index contributed by atoms with van der Waals surface area (Å²) in [4.78, 5) is 0. The minimum Gasteiger partial charge on any atom is -0.317 e. The Bertz CT molecular complexity index is 188. The van der Waals surface area contributed by atoms with Gasteiger partial charge in [0.1, 0.15) is 0 Å². The first-order valence-electron chi connectivity index (χ1n) is 7.16. The lowest BCUT2D eigenvalue weighted by atomic mass is 9.76. The van der Waals surface area contributed by atoms with Crippen molar-refractivity contribution in [1.29, 1.82) is 0 Å². The van der Waals surface area contributed by atoms with Gasteiger partial charge in [-0.2, -0.15) is 0 Å². The molecule has 0 heterocycles. The average Bonchev–Trinajstić information content (AvgIpc) is 2.45. The molecule has 96 valence electrons. The molecule has 16 heavy (non-hydrogen) atoms. The zero-order chi connectivity index (χ0) is 12.2. The van der Waals surface area contributed by atoms with Crippen LogP contribution in [0.3, 0.4) is 0 Å². The molecule has 0 aliphatic heterocycles. The van der Waals surface area contributed by atoms with Crippen molar-refractivity contribution in [1.82, 2.24) is 5.32 Å². The van der Waals surface area contributed by atoms with E-state index in [1.165, 1.54) is 38.5 Å². The zero-order valence-corrected chi connectivity index (χ0v) is 12.0. The lowest BCUT2D eigenvalue weighted by Gasteiger charge is -2.30. The topological polar surface area (TPSA) is 12.0 Å². The highest BCUT2D eigenvalue weighted by molar-refractivity contribution is 4.82. The van der Waals surface area contributed by atoms with Crippen LogP contribution in [0, 0.1) is 17.3 Å². The molecular weight excluding hydrogens is 194 g/mol. The SMILES string of the molecule is CCC(NC)C1CCCC(C(C)(C)C)CC1. The molecule has 1 heteroatoms. The van der Waals surface area contributed by atoms with E-state index in [0.29, 0.717) is 5.41 Å². The van der Waals surface area contributed by atoms with Crippen molar-refractivity contribution in [2.45, 2.75) is 72.3 Å². The number of hydrogen-bond donors (Lipinski definition) is 1. The molecule has 0 amide bonds. The van der Waals surface area contributed by atoms with Gasteiger partial charge in [-0.25, -0.2) is 0 Å². The lowest BCUT2D eigenvalue weighted by molar-refractivity contribution is 0.210. The molecule has 3 atom stereocenters. The largest absolute Gasteiger partial charge is 0.317 e. The minimum absolute atomic E-state index is 0.510. The third kappa shape index (κ3) is 3.76. The first kappa shape index (κ1) is 14.0. The van der Waals surface area contributed by atoms with Crippen molar-refractivity contribution in [3.63, 3.8) is 0 Å². The van der Waals surface area contributed by atoms with Crippen molar-refractivity contribution < 1.29 is 0 Å². The second-order valence-corrected chi connectivity index (χ2v) is 6.63. The first-order valence-corrected chi connectivity index (χ1v) is 7.16. The summed E-state index contributed by atoms with van der Waals surface area (Å²) in [5.74, 6) is 1.86. The fraction of sp³-hybridized carbons (Fsp3) is 1.00. The average molecular weight is 225 g/mol. The van der Waals surface area contributed by atoms with Gasteiger partial charge >= 0.3 is 0 Å². The van der Waals surface area contributed by atoms with E-state index in [0.717, 1.165) is 17.9 Å². The summed E-state index contributed by atoms with van der Waals surface area (Å²) in [5.41, 5.74) is 0.510. The molecule has 1 saturated carbocycles. The molecule has 1 N–H and O–H groups in total. The fourth-order valence-electron chi connectivity index (χ4n) is 3.37. The Kier molecular flexibility index (Phi) is 5.30. The summed E-state index contributed by atoms with van der Waals surface area (Å²) >= 11 is 0. The predicted molar refractivity (Wildman–Crippen MR) is 72.7 cm³/mol. The molecule has 0 radical (unpaired) electrons. The summed E-state index contributed by atoms with van der Waals surface area (Å²) < 4.78 is 0. The summed E-state index contributed by atoms with van der Waals surface area (Å²) in [6, 6.07) is 0.749. The molecule has 0 spiro atoms. The third-order valence-corrected chi connectivity index (χ3v) is 4.62. The van der Waals surface area contributed by atoms with Crippen molar-refractivity contribution >= 4 is 0 Å². The van der Waals surface area contributed by atoms with Gasteiger partial charge < -0.3 is 5.32 Å². The normalized spacial score (nSPS) is 29.8. The van der Waals surface area contributed by atoms with Crippen LogP contribution in [0.15, 0.2) is 0 Å². The Hall–Kier alpha value is -0.0400. The Labute approximate surface area is 102 Å². The molecular formula is C15H31N. The predicted octanol–water partition coefficient (Wildman–Crippen LogP) is 4.23. The summed E-state index contributed by atoms with van der Waals surface area (Å²) in [7, 11) is 2.13. The maximum atomic E-state index is 3.50. The quantitative estimate of drug-likeness (QED) is 0.709. The van der Waals surface area contributed by atoms with Crippen LogP contribution in [0.1, 0.15) is 66.2 Å². The van der Waals surface area contributed by atoms with Crippen LogP contribution in [0.25, 0.3) is 0 Å². The molecule has 0 aromatic carbocycles. The second-order valence-electron chi connectivity index (χ2n) is 6.63. The van der Waals surface area contributed by atoms with E-state index in [-0.39, 0.29) is 0 Å². The van der Waals surface area contributed by atoms with E-state index in [2.05, 4.69) is 40.1 Å². The standard InChI is InChI=1S/C15H31N/c1-6-14(16-5)12-8-7-9-13(11-10-12)15(2,3)4/h12-14,16H,6-11H2,1-5H3. The van der Waals surface area contributed by atoms with E-state index in [9.17, 15) is 0 Å². The van der Waals surface area contributed by atoms with Crippen molar-refractivity contribution in [2.24, 2.45) is 17.3 Å². The summed E-state index contributed by atoms with van der Waals surface area (Å²) in [6.45, 7) is 9.54. The molecule has 0 saturated heterocycles. The fourth-order valence-corrected chi connectivity index (χ4v) is 3.37. The number of rotatable bonds is 3. The van der Waals surface area contributed by atoms with Gasteiger partial charge in [0.2, 0.25) is 0 Å².